The maximum Gasteiger partial charge on any atom is 0.217 e. The first-order valence-electron chi connectivity index (χ1n) is 27.5. The lowest BCUT2D eigenvalue weighted by Gasteiger charge is -2.51. The molecule has 0 unspecified atom stereocenters. The predicted octanol–water partition coefficient (Wildman–Crippen LogP) is -14.8. The zero-order valence-corrected chi connectivity index (χ0v) is 46.5. The molecule has 0 aromatic carbocycles. The van der Waals surface area contributed by atoms with E-state index < -0.39 is 272 Å². The molecule has 3 amide bonds. The molecular formula is C48H81N3O35. The molecule has 0 aromatic rings. The van der Waals surface area contributed by atoms with Crippen molar-refractivity contribution in [3.05, 3.63) is 0 Å². The highest BCUT2D eigenvalue weighted by molar-refractivity contribution is 5.74. The number of ether oxygens (including phenoxy) is 13. The second-order valence-electron chi connectivity index (χ2n) is 21.8. The predicted molar refractivity (Wildman–Crippen MR) is 265 cm³/mol. The maximum atomic E-state index is 13.1. The van der Waals surface area contributed by atoms with Crippen LogP contribution in [0.2, 0.25) is 0 Å². The molecule has 7 saturated heterocycles. The Morgan fingerprint density at radius 1 is 0.326 bits per heavy atom. The Hall–Kier alpha value is -2.87. The summed E-state index contributed by atoms with van der Waals surface area (Å²) in [4.78, 5) is 37.5. The van der Waals surface area contributed by atoms with Gasteiger partial charge < -0.3 is 175 Å². The van der Waals surface area contributed by atoms with Crippen LogP contribution >= 0.6 is 0 Å². The molecular weight excluding hydrogens is 1180 g/mol. The van der Waals surface area contributed by atoms with Crippen LogP contribution in [0, 0.1) is 0 Å². The largest absolute Gasteiger partial charge is 0.394 e. The summed E-state index contributed by atoms with van der Waals surface area (Å²) in [7, 11) is 0. The number of hydrogen-bond donors (Lipinski definition) is 22. The van der Waals surface area contributed by atoms with Crippen molar-refractivity contribution in [2.45, 2.75) is 242 Å². The Bertz CT molecular complexity index is 2170. The number of aliphatic hydroxyl groups excluding tert-OH is 19. The van der Waals surface area contributed by atoms with Gasteiger partial charge in [0.2, 0.25) is 17.7 Å². The van der Waals surface area contributed by atoms with E-state index in [9.17, 15) is 111 Å². The number of amides is 3. The molecule has 0 saturated carbocycles. The van der Waals surface area contributed by atoms with Crippen LogP contribution in [0.25, 0.3) is 0 Å². The number of hydrogen-bond acceptors (Lipinski definition) is 35. The fourth-order valence-electron chi connectivity index (χ4n) is 11.0. The average molecular weight is 1260 g/mol. The van der Waals surface area contributed by atoms with Crippen LogP contribution in [0.4, 0.5) is 0 Å². The van der Waals surface area contributed by atoms with Gasteiger partial charge in [-0.25, -0.2) is 0 Å². The minimum atomic E-state index is -2.20. The summed E-state index contributed by atoms with van der Waals surface area (Å²) in [5.41, 5.74) is 0. The number of carbonyl (C=O) groups is 3. The Morgan fingerprint density at radius 3 is 1.20 bits per heavy atom. The van der Waals surface area contributed by atoms with Crippen LogP contribution in [-0.2, 0) is 76.0 Å². The minimum Gasteiger partial charge on any atom is -0.394 e. The first kappa shape index (κ1) is 70.6. The van der Waals surface area contributed by atoms with Crippen molar-refractivity contribution in [3.8, 4) is 0 Å². The summed E-state index contributed by atoms with van der Waals surface area (Å²) in [6.45, 7) is -1.59. The Kier molecular flexibility index (Phi) is 25.0. The van der Waals surface area contributed by atoms with Crippen molar-refractivity contribution >= 4 is 17.7 Å². The molecule has 498 valence electrons. The molecule has 38 heteroatoms. The molecule has 7 heterocycles. The quantitative estimate of drug-likeness (QED) is 0.0507. The molecule has 0 spiro atoms. The fourth-order valence-corrected chi connectivity index (χ4v) is 11.0. The zero-order chi connectivity index (χ0) is 63.5. The van der Waals surface area contributed by atoms with E-state index in [4.69, 9.17) is 61.6 Å². The Balaban J connectivity index is 1.13. The van der Waals surface area contributed by atoms with Gasteiger partial charge in [-0.1, -0.05) is 0 Å². The first-order chi connectivity index (χ1) is 40.6. The monoisotopic (exact) mass is 1260 g/mol. The third-order valence-electron chi connectivity index (χ3n) is 15.7. The third-order valence-corrected chi connectivity index (χ3v) is 15.7. The molecule has 22 N–H and O–H groups in total. The van der Waals surface area contributed by atoms with E-state index >= 15 is 0 Å². The molecule has 35 atom stereocenters. The van der Waals surface area contributed by atoms with E-state index in [0.717, 1.165) is 20.8 Å². The highest BCUT2D eigenvalue weighted by atomic mass is 16.8. The highest BCUT2D eigenvalue weighted by Crippen LogP contribution is 2.38. The van der Waals surface area contributed by atoms with Gasteiger partial charge in [0.1, 0.15) is 165 Å². The lowest BCUT2D eigenvalue weighted by molar-refractivity contribution is -0.391. The summed E-state index contributed by atoms with van der Waals surface area (Å²) >= 11 is 0. The van der Waals surface area contributed by atoms with Crippen LogP contribution in [0.5, 0.6) is 0 Å². The van der Waals surface area contributed by atoms with Crippen LogP contribution in [-0.4, -0.2) is 369 Å². The molecule has 7 fully saturated rings. The summed E-state index contributed by atoms with van der Waals surface area (Å²) in [6, 6.07) is -5.11. The van der Waals surface area contributed by atoms with Crippen molar-refractivity contribution in [2.24, 2.45) is 0 Å². The van der Waals surface area contributed by atoms with Crippen LogP contribution in [0.1, 0.15) is 27.7 Å². The normalized spacial score (nSPS) is 49.4. The van der Waals surface area contributed by atoms with Gasteiger partial charge in [-0.3, -0.25) is 14.4 Å². The number of carbonyl (C=O) groups excluding carboxylic acids is 3. The molecule has 38 nitrogen and oxygen atoms in total. The summed E-state index contributed by atoms with van der Waals surface area (Å²) in [6.07, 6.45) is -61.1. The third kappa shape index (κ3) is 15.4. The van der Waals surface area contributed by atoms with E-state index in [0.29, 0.717) is 0 Å². The highest BCUT2D eigenvalue weighted by Gasteiger charge is 2.59. The van der Waals surface area contributed by atoms with Crippen molar-refractivity contribution in [1.29, 1.82) is 0 Å². The van der Waals surface area contributed by atoms with Crippen molar-refractivity contribution < 1.29 is 173 Å². The van der Waals surface area contributed by atoms with Gasteiger partial charge in [0.15, 0.2) is 44.0 Å². The van der Waals surface area contributed by atoms with Crippen molar-refractivity contribution in [2.75, 3.05) is 39.6 Å². The Morgan fingerprint density at radius 2 is 0.674 bits per heavy atom. The fraction of sp³-hybridized carbons (Fsp3) is 0.938. The average Bonchev–Trinajstić information content (AvgIpc) is 1.51. The molecule has 86 heavy (non-hydrogen) atoms. The van der Waals surface area contributed by atoms with Gasteiger partial charge in [0.05, 0.1) is 45.7 Å². The van der Waals surface area contributed by atoms with E-state index in [-0.39, 0.29) is 0 Å². The van der Waals surface area contributed by atoms with Gasteiger partial charge in [-0.15, -0.1) is 0 Å². The van der Waals surface area contributed by atoms with E-state index in [1.807, 2.05) is 0 Å². The minimum absolute atomic E-state index is 0.716. The van der Waals surface area contributed by atoms with Crippen LogP contribution in [0.3, 0.4) is 0 Å². The van der Waals surface area contributed by atoms with Crippen molar-refractivity contribution in [1.82, 2.24) is 16.0 Å². The van der Waals surface area contributed by atoms with Gasteiger partial charge >= 0.3 is 0 Å². The number of nitrogens with one attached hydrogen (secondary N) is 3. The SMILES string of the molecule is CC(=O)N[C@@H]1[C@@H](O)[C@H](O[C@@H]2O[C@H](CO)[C@@H](O[C@@H]3O[C@H](CO[C@H]4O[C@H](CO)[C@@H](O)[C@H](O)[C@@H]4O[C@@H]4O[C@H](CO)[C@@H](O[C@@H]5O[C@H](CO)[C@H](O)[C@H](O)[C@H]5O)[C@H](O[C@@H]5O[C@@H](C)[C@@H](O)[C@@H](O)[C@@H]5O)[C@H]4NC(C)=O)[C@@H](O)[C@H](O)[C@@H]3O)[C@H](O)[C@H]2NC(C)=O)[C@@H](CO)O[C@H]1O. The van der Waals surface area contributed by atoms with Gasteiger partial charge in [-0.05, 0) is 6.92 Å². The summed E-state index contributed by atoms with van der Waals surface area (Å²) in [5, 5.41) is 213. The smallest absolute Gasteiger partial charge is 0.217 e. The summed E-state index contributed by atoms with van der Waals surface area (Å²) in [5.74, 6) is -2.44. The molecule has 0 radical (unpaired) electrons. The van der Waals surface area contributed by atoms with Gasteiger partial charge in [0.25, 0.3) is 0 Å². The van der Waals surface area contributed by atoms with Crippen molar-refractivity contribution in [3.63, 3.8) is 0 Å². The second kappa shape index (κ2) is 30.5. The molecule has 7 rings (SSSR count). The lowest BCUT2D eigenvalue weighted by atomic mass is 9.93. The van der Waals surface area contributed by atoms with E-state index in [1.165, 1.54) is 6.92 Å². The van der Waals surface area contributed by atoms with E-state index in [2.05, 4.69) is 16.0 Å². The maximum absolute atomic E-state index is 13.1. The first-order valence-corrected chi connectivity index (χ1v) is 27.5. The standard InChI is InChI=1S/C48H81N3O35/c1-11-24(60)30(66)34(70)45(75-11)85-40-23(51-14(4)59)44(80-19(9-56)39(40)84-46-35(71)31(67)25(61)15(5-52)77-46)86-41-33(69)26(62)16(6-53)78-48(41)74-10-20-27(63)32(68)36(72)47(81-20)83-38-18(8-55)79-43(22(29(38)65)50-13(3)58)82-37-17(7-54)76-42(73)21(28(37)64)49-12(2)57/h11,15-48,52-56,60-73H,5-10H2,1-4H3,(H,49,57)(H,50,58)(H,51,59)/t11-,15+,16+,17+,18+,19+,20+,21+,22+,23+,24+,25-,26+,27+,28+,29+,30+,31-,32-,33-,34-,35+,36-,37+,38+,39+,40+,41-,42+,43-,44-,45-,46-,47-,48-/m0/s1. The molecule has 0 aromatic heterocycles. The topological polar surface area (TPSA) is 592 Å². The Labute approximate surface area is 488 Å². The molecule has 0 aliphatic carbocycles. The zero-order valence-electron chi connectivity index (χ0n) is 46.5. The van der Waals surface area contributed by atoms with E-state index in [1.54, 1.807) is 0 Å². The molecule has 0 bridgehead atoms. The van der Waals surface area contributed by atoms with Crippen LogP contribution in [0.15, 0.2) is 0 Å². The summed E-state index contributed by atoms with van der Waals surface area (Å²) < 4.78 is 76.3. The number of rotatable bonds is 21. The lowest BCUT2D eigenvalue weighted by Crippen LogP contribution is -2.71. The molecule has 7 aliphatic heterocycles. The molecule has 7 aliphatic rings. The van der Waals surface area contributed by atoms with Gasteiger partial charge in [0, 0.05) is 20.8 Å². The van der Waals surface area contributed by atoms with Gasteiger partial charge in [-0.2, -0.15) is 0 Å². The number of aliphatic hydroxyl groups is 19. The second-order valence-corrected chi connectivity index (χ2v) is 21.8. The van der Waals surface area contributed by atoms with Crippen LogP contribution < -0.4 is 16.0 Å².